The maximum atomic E-state index is 5.74. The molecule has 0 radical (unpaired) electrons. The van der Waals surface area contributed by atoms with Gasteiger partial charge in [-0.25, -0.2) is 4.98 Å². The zero-order valence-corrected chi connectivity index (χ0v) is 11.8. The zero-order valence-electron chi connectivity index (χ0n) is 11.8. The van der Waals surface area contributed by atoms with E-state index < -0.39 is 0 Å². The van der Waals surface area contributed by atoms with E-state index >= 15 is 0 Å². The van der Waals surface area contributed by atoms with Crippen LogP contribution in [0.4, 0.5) is 0 Å². The number of hydrogen-bond acceptors (Lipinski definition) is 4. The molecule has 0 fully saturated rings. The van der Waals surface area contributed by atoms with E-state index in [2.05, 4.69) is 29.1 Å². The van der Waals surface area contributed by atoms with E-state index in [1.807, 2.05) is 7.05 Å². The van der Waals surface area contributed by atoms with Gasteiger partial charge in [-0.2, -0.15) is 0 Å². The molecule has 1 unspecified atom stereocenters. The second-order valence-corrected chi connectivity index (χ2v) is 4.61. The van der Waals surface area contributed by atoms with Crippen LogP contribution in [0.15, 0.2) is 12.4 Å². The molecule has 0 aliphatic rings. The van der Waals surface area contributed by atoms with Crippen LogP contribution in [0.5, 0.6) is 5.88 Å². The summed E-state index contributed by atoms with van der Waals surface area (Å²) in [5.74, 6) is 1.26. The van der Waals surface area contributed by atoms with Gasteiger partial charge in [0, 0.05) is 12.7 Å². The van der Waals surface area contributed by atoms with E-state index in [9.17, 15) is 0 Å². The minimum atomic E-state index is 0.625. The molecule has 4 nitrogen and oxygen atoms in total. The second kappa shape index (κ2) is 8.86. The summed E-state index contributed by atoms with van der Waals surface area (Å²) < 4.78 is 5.74. The summed E-state index contributed by atoms with van der Waals surface area (Å²) in [4.78, 5) is 8.54. The number of aromatic nitrogens is 2. The lowest BCUT2D eigenvalue weighted by Gasteiger charge is -2.15. The molecule has 0 amide bonds. The minimum Gasteiger partial charge on any atom is -0.476 e. The van der Waals surface area contributed by atoms with Crippen molar-refractivity contribution in [2.24, 2.45) is 5.92 Å². The van der Waals surface area contributed by atoms with Crippen LogP contribution < -0.4 is 10.1 Å². The van der Waals surface area contributed by atoms with Crippen molar-refractivity contribution in [2.45, 2.75) is 46.1 Å². The van der Waals surface area contributed by atoms with Crippen LogP contribution in [-0.2, 0) is 6.54 Å². The van der Waals surface area contributed by atoms with Gasteiger partial charge in [0.15, 0.2) is 0 Å². The Hall–Kier alpha value is -1.16. The summed E-state index contributed by atoms with van der Waals surface area (Å²) in [6, 6.07) is 0. The van der Waals surface area contributed by atoms with Crippen LogP contribution >= 0.6 is 0 Å². The molecule has 1 aromatic rings. The Labute approximate surface area is 110 Å². The van der Waals surface area contributed by atoms with Gasteiger partial charge < -0.3 is 10.1 Å². The molecule has 0 saturated heterocycles. The normalized spacial score (nSPS) is 12.4. The van der Waals surface area contributed by atoms with E-state index in [1.165, 1.54) is 19.3 Å². The molecule has 0 saturated carbocycles. The monoisotopic (exact) mass is 251 g/mol. The third-order valence-corrected chi connectivity index (χ3v) is 3.03. The van der Waals surface area contributed by atoms with Crippen molar-refractivity contribution in [3.63, 3.8) is 0 Å². The fourth-order valence-corrected chi connectivity index (χ4v) is 1.82. The largest absolute Gasteiger partial charge is 0.476 e. The Morgan fingerprint density at radius 3 is 2.83 bits per heavy atom. The standard InChI is InChI=1S/C14H25N3O/c1-4-6-7-12(5-2)11-18-14-10-16-9-13(17-14)8-15-3/h9-10,12,15H,4-8,11H2,1-3H3. The summed E-state index contributed by atoms with van der Waals surface area (Å²) in [5, 5.41) is 3.06. The van der Waals surface area contributed by atoms with E-state index in [-0.39, 0.29) is 0 Å². The quantitative estimate of drug-likeness (QED) is 0.733. The highest BCUT2D eigenvalue weighted by Gasteiger charge is 2.07. The number of unbranched alkanes of at least 4 members (excludes halogenated alkanes) is 1. The fraction of sp³-hybridized carbons (Fsp3) is 0.714. The molecule has 0 aliphatic heterocycles. The predicted molar refractivity (Wildman–Crippen MR) is 73.6 cm³/mol. The lowest BCUT2D eigenvalue weighted by Crippen LogP contribution is -2.13. The molecule has 18 heavy (non-hydrogen) atoms. The third kappa shape index (κ3) is 5.45. The smallest absolute Gasteiger partial charge is 0.232 e. The predicted octanol–water partition coefficient (Wildman–Crippen LogP) is 2.79. The maximum absolute atomic E-state index is 5.74. The number of hydrogen-bond donors (Lipinski definition) is 1. The molecular weight excluding hydrogens is 226 g/mol. The Morgan fingerprint density at radius 2 is 2.17 bits per heavy atom. The average Bonchev–Trinajstić information content (AvgIpc) is 2.40. The van der Waals surface area contributed by atoms with E-state index in [0.717, 1.165) is 25.3 Å². The van der Waals surface area contributed by atoms with Crippen LogP contribution in [-0.4, -0.2) is 23.6 Å². The first-order valence-electron chi connectivity index (χ1n) is 6.88. The highest BCUT2D eigenvalue weighted by atomic mass is 16.5. The summed E-state index contributed by atoms with van der Waals surface area (Å²) in [6.07, 6.45) is 8.35. The van der Waals surface area contributed by atoms with Gasteiger partial charge in [-0.05, 0) is 19.4 Å². The summed E-state index contributed by atoms with van der Waals surface area (Å²) in [5.41, 5.74) is 0.914. The summed E-state index contributed by atoms with van der Waals surface area (Å²) in [7, 11) is 1.90. The van der Waals surface area contributed by atoms with Crippen LogP contribution in [0.1, 0.15) is 45.2 Å². The molecule has 0 bridgehead atoms. The van der Waals surface area contributed by atoms with Gasteiger partial charge >= 0.3 is 0 Å². The zero-order chi connectivity index (χ0) is 13.2. The minimum absolute atomic E-state index is 0.625. The molecule has 102 valence electrons. The Kier molecular flexibility index (Phi) is 7.34. The Bertz CT molecular complexity index is 331. The summed E-state index contributed by atoms with van der Waals surface area (Å²) in [6.45, 7) is 5.90. The Balaban J connectivity index is 2.43. The van der Waals surface area contributed by atoms with Crippen molar-refractivity contribution < 1.29 is 4.74 Å². The first-order chi connectivity index (χ1) is 8.80. The van der Waals surface area contributed by atoms with Gasteiger partial charge in [-0.3, -0.25) is 4.98 Å². The van der Waals surface area contributed by atoms with Crippen molar-refractivity contribution in [2.75, 3.05) is 13.7 Å². The summed E-state index contributed by atoms with van der Waals surface area (Å²) >= 11 is 0. The number of rotatable bonds is 9. The van der Waals surface area contributed by atoms with Crippen LogP contribution in [0.2, 0.25) is 0 Å². The first-order valence-corrected chi connectivity index (χ1v) is 6.88. The third-order valence-electron chi connectivity index (χ3n) is 3.03. The molecule has 1 atom stereocenters. The molecule has 0 spiro atoms. The van der Waals surface area contributed by atoms with Crippen molar-refractivity contribution >= 4 is 0 Å². The Morgan fingerprint density at radius 1 is 1.33 bits per heavy atom. The topological polar surface area (TPSA) is 47.0 Å². The number of ether oxygens (including phenoxy) is 1. The SMILES string of the molecule is CCCCC(CC)COc1cncc(CNC)n1. The van der Waals surface area contributed by atoms with Crippen molar-refractivity contribution in [3.8, 4) is 5.88 Å². The van der Waals surface area contributed by atoms with Crippen molar-refractivity contribution in [1.82, 2.24) is 15.3 Å². The number of nitrogens with zero attached hydrogens (tertiary/aromatic N) is 2. The van der Waals surface area contributed by atoms with Gasteiger partial charge in [0.1, 0.15) is 0 Å². The molecule has 1 rings (SSSR count). The molecular formula is C14H25N3O. The lowest BCUT2D eigenvalue weighted by molar-refractivity contribution is 0.224. The molecule has 0 aromatic carbocycles. The lowest BCUT2D eigenvalue weighted by atomic mass is 10.0. The van der Waals surface area contributed by atoms with Crippen LogP contribution in [0, 0.1) is 5.92 Å². The molecule has 4 heteroatoms. The highest BCUT2D eigenvalue weighted by Crippen LogP contribution is 2.14. The van der Waals surface area contributed by atoms with Gasteiger partial charge in [-0.1, -0.05) is 33.1 Å². The van der Waals surface area contributed by atoms with E-state index in [0.29, 0.717) is 11.8 Å². The molecule has 0 aliphatic carbocycles. The number of nitrogens with one attached hydrogen (secondary N) is 1. The van der Waals surface area contributed by atoms with Crippen molar-refractivity contribution in [1.29, 1.82) is 0 Å². The van der Waals surface area contributed by atoms with Gasteiger partial charge in [0.25, 0.3) is 0 Å². The van der Waals surface area contributed by atoms with Crippen LogP contribution in [0.25, 0.3) is 0 Å². The first kappa shape index (κ1) is 14.9. The van der Waals surface area contributed by atoms with Gasteiger partial charge in [0.2, 0.25) is 5.88 Å². The van der Waals surface area contributed by atoms with E-state index in [1.54, 1.807) is 12.4 Å². The maximum Gasteiger partial charge on any atom is 0.232 e. The highest BCUT2D eigenvalue weighted by molar-refractivity contribution is 5.08. The molecule has 1 heterocycles. The molecule has 1 aromatic heterocycles. The van der Waals surface area contributed by atoms with Crippen molar-refractivity contribution in [3.05, 3.63) is 18.1 Å². The van der Waals surface area contributed by atoms with Crippen LogP contribution in [0.3, 0.4) is 0 Å². The fourth-order valence-electron chi connectivity index (χ4n) is 1.82. The van der Waals surface area contributed by atoms with Gasteiger partial charge in [-0.15, -0.1) is 0 Å². The van der Waals surface area contributed by atoms with E-state index in [4.69, 9.17) is 4.74 Å². The molecule has 1 N–H and O–H groups in total. The second-order valence-electron chi connectivity index (χ2n) is 4.61. The average molecular weight is 251 g/mol. The van der Waals surface area contributed by atoms with Gasteiger partial charge in [0.05, 0.1) is 18.5 Å².